The number of rotatable bonds is 3. The average Bonchev–Trinajstić information content (AvgIpc) is 2.19. The molecule has 2 N–H and O–H groups in total. The number of nitrogens with one attached hydrogen (secondary N) is 1. The second kappa shape index (κ2) is 3.82. The van der Waals surface area contributed by atoms with Crippen LogP contribution in [0.25, 0.3) is 0 Å². The van der Waals surface area contributed by atoms with E-state index in [0.717, 1.165) is 5.92 Å². The van der Waals surface area contributed by atoms with Crippen LogP contribution in [0.15, 0.2) is 0 Å². The van der Waals surface area contributed by atoms with Crippen molar-refractivity contribution in [3.05, 3.63) is 0 Å². The Balaban J connectivity index is 2.40. The lowest BCUT2D eigenvalue weighted by atomic mass is 9.91. The standard InChI is InChI=1S/C12H25NO/c1-9-6-11(2,3)7-10(9)13-8-12(4,5)14/h9-10,13-14H,6-8H2,1-5H3. The minimum atomic E-state index is -0.591. The Labute approximate surface area is 88.1 Å². The summed E-state index contributed by atoms with van der Waals surface area (Å²) in [7, 11) is 0. The Morgan fingerprint density at radius 2 is 1.93 bits per heavy atom. The van der Waals surface area contributed by atoms with E-state index in [4.69, 9.17) is 0 Å². The molecule has 14 heavy (non-hydrogen) atoms. The van der Waals surface area contributed by atoms with E-state index in [2.05, 4.69) is 26.1 Å². The molecule has 2 heteroatoms. The molecular formula is C12H25NO. The fourth-order valence-corrected chi connectivity index (χ4v) is 2.55. The molecule has 0 bridgehead atoms. The van der Waals surface area contributed by atoms with Crippen molar-refractivity contribution in [1.29, 1.82) is 0 Å². The van der Waals surface area contributed by atoms with Crippen LogP contribution in [0.4, 0.5) is 0 Å². The van der Waals surface area contributed by atoms with Crippen molar-refractivity contribution < 1.29 is 5.11 Å². The van der Waals surface area contributed by atoms with Crippen molar-refractivity contribution >= 4 is 0 Å². The molecule has 0 radical (unpaired) electrons. The fraction of sp³-hybridized carbons (Fsp3) is 1.00. The van der Waals surface area contributed by atoms with Crippen molar-refractivity contribution in [1.82, 2.24) is 5.32 Å². The van der Waals surface area contributed by atoms with Gasteiger partial charge in [-0.2, -0.15) is 0 Å². The summed E-state index contributed by atoms with van der Waals surface area (Å²) in [6, 6.07) is 0.580. The lowest BCUT2D eigenvalue weighted by molar-refractivity contribution is 0.0747. The summed E-state index contributed by atoms with van der Waals surface area (Å²) in [6.45, 7) is 11.4. The SMILES string of the molecule is CC1CC(C)(C)CC1NCC(C)(C)O. The number of aliphatic hydroxyl groups is 1. The molecule has 0 aliphatic heterocycles. The van der Waals surface area contributed by atoms with Gasteiger partial charge in [0.2, 0.25) is 0 Å². The molecule has 1 aliphatic carbocycles. The fourth-order valence-electron chi connectivity index (χ4n) is 2.55. The van der Waals surface area contributed by atoms with Gasteiger partial charge in [0.15, 0.2) is 0 Å². The van der Waals surface area contributed by atoms with Crippen LogP contribution >= 0.6 is 0 Å². The lowest BCUT2D eigenvalue weighted by Gasteiger charge is -2.24. The summed E-state index contributed by atoms with van der Waals surface area (Å²) in [6.07, 6.45) is 2.51. The molecule has 0 heterocycles. The van der Waals surface area contributed by atoms with Gasteiger partial charge in [0, 0.05) is 12.6 Å². The Morgan fingerprint density at radius 3 is 2.29 bits per heavy atom. The third-order valence-corrected chi connectivity index (χ3v) is 3.13. The van der Waals surface area contributed by atoms with Crippen LogP contribution in [-0.2, 0) is 0 Å². The van der Waals surface area contributed by atoms with Gasteiger partial charge < -0.3 is 10.4 Å². The monoisotopic (exact) mass is 199 g/mol. The van der Waals surface area contributed by atoms with Crippen LogP contribution in [0.1, 0.15) is 47.5 Å². The number of hydrogen-bond acceptors (Lipinski definition) is 2. The topological polar surface area (TPSA) is 32.3 Å². The first-order valence-corrected chi connectivity index (χ1v) is 5.65. The predicted octanol–water partition coefficient (Wildman–Crippen LogP) is 2.17. The Morgan fingerprint density at radius 1 is 1.36 bits per heavy atom. The smallest absolute Gasteiger partial charge is 0.0715 e. The maximum Gasteiger partial charge on any atom is 0.0715 e. The van der Waals surface area contributed by atoms with E-state index in [0.29, 0.717) is 18.0 Å². The van der Waals surface area contributed by atoms with Crippen molar-refractivity contribution in [2.24, 2.45) is 11.3 Å². The van der Waals surface area contributed by atoms with Crippen LogP contribution in [0, 0.1) is 11.3 Å². The molecule has 1 fully saturated rings. The molecule has 0 aromatic rings. The molecule has 1 rings (SSSR count). The second-order valence-corrected chi connectivity index (χ2v) is 6.35. The van der Waals surface area contributed by atoms with Crippen LogP contribution in [0.3, 0.4) is 0 Å². The van der Waals surface area contributed by atoms with Crippen molar-refractivity contribution in [3.63, 3.8) is 0 Å². The highest BCUT2D eigenvalue weighted by Crippen LogP contribution is 2.40. The molecule has 0 saturated heterocycles. The van der Waals surface area contributed by atoms with Crippen molar-refractivity contribution in [2.45, 2.75) is 59.1 Å². The maximum atomic E-state index is 9.63. The summed E-state index contributed by atoms with van der Waals surface area (Å²) < 4.78 is 0. The van der Waals surface area contributed by atoms with Gasteiger partial charge in [0.25, 0.3) is 0 Å². The van der Waals surface area contributed by atoms with E-state index in [-0.39, 0.29) is 0 Å². The van der Waals surface area contributed by atoms with Crippen LogP contribution in [0.2, 0.25) is 0 Å². The largest absolute Gasteiger partial charge is 0.389 e. The molecule has 1 aliphatic rings. The Hall–Kier alpha value is -0.0800. The van der Waals surface area contributed by atoms with Gasteiger partial charge in [-0.15, -0.1) is 0 Å². The van der Waals surface area contributed by atoms with Crippen molar-refractivity contribution in [2.75, 3.05) is 6.54 Å². The zero-order valence-electron chi connectivity index (χ0n) is 10.2. The van der Waals surface area contributed by atoms with E-state index >= 15 is 0 Å². The van der Waals surface area contributed by atoms with E-state index in [9.17, 15) is 5.11 Å². The van der Waals surface area contributed by atoms with Gasteiger partial charge in [-0.3, -0.25) is 0 Å². The lowest BCUT2D eigenvalue weighted by Crippen LogP contribution is -2.41. The molecule has 1 saturated carbocycles. The third-order valence-electron chi connectivity index (χ3n) is 3.13. The zero-order chi connectivity index (χ0) is 11.0. The first-order valence-electron chi connectivity index (χ1n) is 5.65. The van der Waals surface area contributed by atoms with E-state index in [1.807, 2.05) is 13.8 Å². The molecule has 0 aromatic carbocycles. The molecule has 2 atom stereocenters. The summed E-state index contributed by atoms with van der Waals surface area (Å²) in [5.74, 6) is 0.729. The molecule has 2 unspecified atom stereocenters. The van der Waals surface area contributed by atoms with Crippen LogP contribution in [-0.4, -0.2) is 23.3 Å². The van der Waals surface area contributed by atoms with Crippen LogP contribution in [0.5, 0.6) is 0 Å². The zero-order valence-corrected chi connectivity index (χ0v) is 10.2. The minimum absolute atomic E-state index is 0.469. The first-order chi connectivity index (χ1) is 6.20. The normalized spacial score (nSPS) is 32.1. The molecule has 0 spiro atoms. The molecule has 0 amide bonds. The van der Waals surface area contributed by atoms with Gasteiger partial charge in [-0.05, 0) is 38.0 Å². The van der Waals surface area contributed by atoms with E-state index in [1.165, 1.54) is 12.8 Å². The summed E-state index contributed by atoms with van der Waals surface area (Å²) in [5.41, 5.74) is -0.122. The average molecular weight is 199 g/mol. The molecule has 2 nitrogen and oxygen atoms in total. The first kappa shape index (κ1) is 12.0. The van der Waals surface area contributed by atoms with Crippen molar-refractivity contribution in [3.8, 4) is 0 Å². The summed E-state index contributed by atoms with van der Waals surface area (Å²) in [4.78, 5) is 0. The number of hydrogen-bond donors (Lipinski definition) is 2. The molecule has 0 aromatic heterocycles. The van der Waals surface area contributed by atoms with Crippen LogP contribution < -0.4 is 5.32 Å². The van der Waals surface area contributed by atoms with Gasteiger partial charge in [-0.1, -0.05) is 20.8 Å². The van der Waals surface area contributed by atoms with E-state index in [1.54, 1.807) is 0 Å². The highest BCUT2D eigenvalue weighted by Gasteiger charge is 2.36. The summed E-state index contributed by atoms with van der Waals surface area (Å²) in [5, 5.41) is 13.1. The van der Waals surface area contributed by atoms with E-state index < -0.39 is 5.60 Å². The molecule has 84 valence electrons. The molecular weight excluding hydrogens is 174 g/mol. The van der Waals surface area contributed by atoms with Gasteiger partial charge in [0.1, 0.15) is 0 Å². The Bertz CT molecular complexity index is 193. The third kappa shape index (κ3) is 3.58. The van der Waals surface area contributed by atoms with Gasteiger partial charge in [0.05, 0.1) is 5.60 Å². The quantitative estimate of drug-likeness (QED) is 0.730. The minimum Gasteiger partial charge on any atom is -0.389 e. The summed E-state index contributed by atoms with van der Waals surface area (Å²) >= 11 is 0. The highest BCUT2D eigenvalue weighted by molar-refractivity contribution is 4.91. The second-order valence-electron chi connectivity index (χ2n) is 6.35. The van der Waals surface area contributed by atoms with Gasteiger partial charge in [-0.25, -0.2) is 0 Å². The van der Waals surface area contributed by atoms with Gasteiger partial charge >= 0.3 is 0 Å². The highest BCUT2D eigenvalue weighted by atomic mass is 16.3. The predicted molar refractivity (Wildman–Crippen MR) is 60.3 cm³/mol. The Kier molecular flexibility index (Phi) is 3.27. The maximum absolute atomic E-state index is 9.63.